The molecule has 5 nitrogen and oxygen atoms in total. The minimum absolute atomic E-state index is 0.0459. The van der Waals surface area contributed by atoms with E-state index in [4.69, 9.17) is 0 Å². The van der Waals surface area contributed by atoms with Crippen molar-refractivity contribution in [3.8, 4) is 0 Å². The number of likely N-dealkylation sites (N-methyl/N-ethyl adjacent to an activating group) is 2. The normalized spacial score (nSPS) is 10.5. The average Bonchev–Trinajstić information content (AvgIpc) is 2.39. The Kier molecular flexibility index (Phi) is 7.66. The molecular formula is C15H22IN3O2. The van der Waals surface area contributed by atoms with Gasteiger partial charge in [0, 0.05) is 22.3 Å². The summed E-state index contributed by atoms with van der Waals surface area (Å²) in [5.74, 6) is -0.0728. The van der Waals surface area contributed by atoms with Crippen LogP contribution in [0.15, 0.2) is 24.3 Å². The van der Waals surface area contributed by atoms with Crippen LogP contribution in [-0.4, -0.2) is 54.8 Å². The highest BCUT2D eigenvalue weighted by Gasteiger charge is 2.14. The molecule has 1 aromatic carbocycles. The number of amides is 2. The van der Waals surface area contributed by atoms with Gasteiger partial charge in [0.15, 0.2) is 0 Å². The van der Waals surface area contributed by atoms with Gasteiger partial charge >= 0.3 is 0 Å². The molecule has 0 spiro atoms. The largest absolute Gasteiger partial charge is 0.342 e. The summed E-state index contributed by atoms with van der Waals surface area (Å²) in [5.41, 5.74) is 0.773. The molecule has 1 aromatic rings. The first-order valence-electron chi connectivity index (χ1n) is 6.98. The van der Waals surface area contributed by atoms with Crippen molar-refractivity contribution in [2.75, 3.05) is 38.5 Å². The smallest absolute Gasteiger partial charge is 0.238 e. The van der Waals surface area contributed by atoms with Crippen LogP contribution in [0.5, 0.6) is 0 Å². The van der Waals surface area contributed by atoms with Crippen molar-refractivity contribution in [1.29, 1.82) is 0 Å². The molecule has 0 aliphatic rings. The zero-order chi connectivity index (χ0) is 15.8. The van der Waals surface area contributed by atoms with E-state index in [1.807, 2.05) is 38.1 Å². The third-order valence-corrected chi connectivity index (χ3v) is 3.71. The Morgan fingerprint density at radius 2 is 1.86 bits per heavy atom. The van der Waals surface area contributed by atoms with Crippen LogP contribution in [0.3, 0.4) is 0 Å². The number of carbonyl (C=O) groups excluding carboxylic acids is 2. The number of nitrogens with one attached hydrogen (secondary N) is 1. The summed E-state index contributed by atoms with van der Waals surface area (Å²) in [4.78, 5) is 27.4. The molecule has 0 heterocycles. The number of carbonyl (C=O) groups is 2. The zero-order valence-electron chi connectivity index (χ0n) is 12.7. The molecule has 0 fully saturated rings. The van der Waals surface area contributed by atoms with E-state index in [1.54, 1.807) is 16.8 Å². The molecule has 6 heteroatoms. The Morgan fingerprint density at radius 3 is 2.43 bits per heavy atom. The Hall–Kier alpha value is -1.15. The van der Waals surface area contributed by atoms with Crippen molar-refractivity contribution in [1.82, 2.24) is 9.80 Å². The molecule has 2 amide bonds. The summed E-state index contributed by atoms with van der Waals surface area (Å²) in [6.45, 7) is 5.73. The maximum absolute atomic E-state index is 12.0. The van der Waals surface area contributed by atoms with Gasteiger partial charge in [0.2, 0.25) is 11.8 Å². The van der Waals surface area contributed by atoms with Gasteiger partial charge in [0.05, 0.1) is 13.1 Å². The van der Waals surface area contributed by atoms with E-state index in [9.17, 15) is 9.59 Å². The fraction of sp³-hybridized carbons (Fsp3) is 0.467. The van der Waals surface area contributed by atoms with E-state index < -0.39 is 0 Å². The van der Waals surface area contributed by atoms with Crippen LogP contribution in [0.25, 0.3) is 0 Å². The maximum Gasteiger partial charge on any atom is 0.238 e. The van der Waals surface area contributed by atoms with Crippen LogP contribution < -0.4 is 5.32 Å². The second-order valence-electron chi connectivity index (χ2n) is 4.80. The number of nitrogens with zero attached hydrogens (tertiary/aromatic N) is 2. The average molecular weight is 403 g/mol. The first-order valence-corrected chi connectivity index (χ1v) is 8.05. The van der Waals surface area contributed by atoms with Crippen molar-refractivity contribution < 1.29 is 9.59 Å². The molecule has 0 aliphatic heterocycles. The summed E-state index contributed by atoms with van der Waals surface area (Å²) >= 11 is 2.20. The summed E-state index contributed by atoms with van der Waals surface area (Å²) in [5, 5.41) is 2.83. The first kappa shape index (κ1) is 17.9. The van der Waals surface area contributed by atoms with Crippen LogP contribution >= 0.6 is 22.6 Å². The standard InChI is InChI=1S/C15H22IN3O2/c1-4-19(5-2)15(21)11-18(3)10-14(20)17-13-8-6-7-12(16)9-13/h6-9H,4-5,10-11H2,1-3H3,(H,17,20). The van der Waals surface area contributed by atoms with Crippen LogP contribution in [0, 0.1) is 3.57 Å². The van der Waals surface area contributed by atoms with Gasteiger partial charge in [-0.3, -0.25) is 14.5 Å². The summed E-state index contributed by atoms with van der Waals surface area (Å²) < 4.78 is 1.07. The zero-order valence-corrected chi connectivity index (χ0v) is 14.9. The van der Waals surface area contributed by atoms with Gasteiger partial charge in [0.25, 0.3) is 0 Å². The summed E-state index contributed by atoms with van der Waals surface area (Å²) in [7, 11) is 1.77. The van der Waals surface area contributed by atoms with Crippen LogP contribution in [0.4, 0.5) is 5.69 Å². The molecule has 0 saturated heterocycles. The Balaban J connectivity index is 2.45. The lowest BCUT2D eigenvalue weighted by molar-refractivity contribution is -0.132. The number of hydrogen-bond donors (Lipinski definition) is 1. The fourth-order valence-corrected chi connectivity index (χ4v) is 2.52. The van der Waals surface area contributed by atoms with Gasteiger partial charge in [-0.2, -0.15) is 0 Å². The maximum atomic E-state index is 12.0. The highest BCUT2D eigenvalue weighted by Crippen LogP contribution is 2.12. The van der Waals surface area contributed by atoms with Crippen LogP contribution in [0.2, 0.25) is 0 Å². The number of rotatable bonds is 7. The lowest BCUT2D eigenvalue weighted by Crippen LogP contribution is -2.41. The highest BCUT2D eigenvalue weighted by atomic mass is 127. The molecule has 0 bridgehead atoms. The SMILES string of the molecule is CCN(CC)C(=O)CN(C)CC(=O)Nc1cccc(I)c1. The lowest BCUT2D eigenvalue weighted by atomic mass is 10.3. The van der Waals surface area contributed by atoms with Crippen molar-refractivity contribution in [3.63, 3.8) is 0 Å². The monoisotopic (exact) mass is 403 g/mol. The lowest BCUT2D eigenvalue weighted by Gasteiger charge is -2.22. The first-order chi connectivity index (χ1) is 9.96. The van der Waals surface area contributed by atoms with Gasteiger partial charge in [-0.05, 0) is 61.7 Å². The molecule has 0 saturated carbocycles. The van der Waals surface area contributed by atoms with Crippen molar-refractivity contribution >= 4 is 40.1 Å². The van der Waals surface area contributed by atoms with Crippen molar-refractivity contribution in [2.45, 2.75) is 13.8 Å². The Labute approximate surface area is 139 Å². The molecule has 0 aromatic heterocycles. The number of halogens is 1. The van der Waals surface area contributed by atoms with Gasteiger partial charge in [0.1, 0.15) is 0 Å². The van der Waals surface area contributed by atoms with Crippen molar-refractivity contribution in [3.05, 3.63) is 27.8 Å². The van der Waals surface area contributed by atoms with Gasteiger partial charge in [-0.1, -0.05) is 6.07 Å². The second kappa shape index (κ2) is 8.99. The molecule has 1 N–H and O–H groups in total. The van der Waals surface area contributed by atoms with Gasteiger partial charge in [-0.25, -0.2) is 0 Å². The molecule has 1 rings (SSSR count). The molecular weight excluding hydrogens is 381 g/mol. The second-order valence-corrected chi connectivity index (χ2v) is 6.04. The molecule has 21 heavy (non-hydrogen) atoms. The van der Waals surface area contributed by atoms with Crippen molar-refractivity contribution in [2.24, 2.45) is 0 Å². The minimum atomic E-state index is -0.119. The molecule has 116 valence electrons. The van der Waals surface area contributed by atoms with E-state index in [0.717, 1.165) is 9.26 Å². The molecule has 0 aliphatic carbocycles. The molecule has 0 atom stereocenters. The topological polar surface area (TPSA) is 52.7 Å². The number of anilines is 1. The summed E-state index contributed by atoms with van der Waals surface area (Å²) in [6, 6.07) is 7.61. The minimum Gasteiger partial charge on any atom is -0.342 e. The van der Waals surface area contributed by atoms with Gasteiger partial charge < -0.3 is 10.2 Å². The molecule has 0 unspecified atom stereocenters. The third kappa shape index (κ3) is 6.43. The van der Waals surface area contributed by atoms with E-state index in [0.29, 0.717) is 13.1 Å². The van der Waals surface area contributed by atoms with E-state index >= 15 is 0 Å². The van der Waals surface area contributed by atoms with Gasteiger partial charge in [-0.15, -0.1) is 0 Å². The predicted molar refractivity (Wildman–Crippen MR) is 93.2 cm³/mol. The fourth-order valence-electron chi connectivity index (χ4n) is 1.98. The van der Waals surface area contributed by atoms with Crippen LogP contribution in [0.1, 0.15) is 13.8 Å². The van der Waals surface area contributed by atoms with Crippen LogP contribution in [-0.2, 0) is 9.59 Å². The number of hydrogen-bond acceptors (Lipinski definition) is 3. The Morgan fingerprint density at radius 1 is 1.19 bits per heavy atom. The number of benzene rings is 1. The quantitative estimate of drug-likeness (QED) is 0.709. The Bertz CT molecular complexity index is 490. The summed E-state index contributed by atoms with van der Waals surface area (Å²) in [6.07, 6.45) is 0. The van der Waals surface area contributed by atoms with E-state index in [-0.39, 0.29) is 24.9 Å². The predicted octanol–water partition coefficient (Wildman–Crippen LogP) is 2.03. The van der Waals surface area contributed by atoms with E-state index in [1.165, 1.54) is 0 Å². The highest BCUT2D eigenvalue weighted by molar-refractivity contribution is 14.1. The third-order valence-electron chi connectivity index (χ3n) is 3.04. The van der Waals surface area contributed by atoms with E-state index in [2.05, 4.69) is 27.9 Å². The molecule has 0 radical (unpaired) electrons.